The first-order valence-electron chi connectivity index (χ1n) is 6.49. The van der Waals surface area contributed by atoms with Crippen molar-refractivity contribution in [1.29, 1.82) is 0 Å². The Balaban J connectivity index is 2.15. The molecule has 0 saturated carbocycles. The number of nitrogens with zero attached hydrogens (tertiary/aromatic N) is 1. The molecular formula is C14H17N3O4. The molecule has 1 unspecified atom stereocenters. The third-order valence-electron chi connectivity index (χ3n) is 3.43. The summed E-state index contributed by atoms with van der Waals surface area (Å²) in [7, 11) is 2.84. The molecule has 112 valence electrons. The van der Waals surface area contributed by atoms with E-state index in [2.05, 4.69) is 5.32 Å². The van der Waals surface area contributed by atoms with Gasteiger partial charge in [0, 0.05) is 25.2 Å². The molecule has 1 aromatic rings. The van der Waals surface area contributed by atoms with Crippen molar-refractivity contribution in [2.75, 3.05) is 19.9 Å². The molecule has 0 aromatic heterocycles. The van der Waals surface area contributed by atoms with E-state index in [4.69, 9.17) is 10.5 Å². The summed E-state index contributed by atoms with van der Waals surface area (Å²) < 4.78 is 5.11. The molecule has 7 nitrogen and oxygen atoms in total. The Hall–Kier alpha value is -2.57. The summed E-state index contributed by atoms with van der Waals surface area (Å²) in [6.07, 6.45) is 0.525. The van der Waals surface area contributed by atoms with Crippen molar-refractivity contribution in [3.63, 3.8) is 0 Å². The number of likely N-dealkylation sites (N-methyl/N-ethyl adjacent to an activating group) is 1. The summed E-state index contributed by atoms with van der Waals surface area (Å²) in [5.41, 5.74) is 6.40. The molecule has 0 radical (unpaired) electrons. The Morgan fingerprint density at radius 3 is 2.81 bits per heavy atom. The monoisotopic (exact) mass is 291 g/mol. The summed E-state index contributed by atoms with van der Waals surface area (Å²) >= 11 is 0. The van der Waals surface area contributed by atoms with Crippen LogP contribution in [-0.2, 0) is 9.59 Å². The number of hydrogen-bond donors (Lipinski definition) is 2. The van der Waals surface area contributed by atoms with Crippen molar-refractivity contribution in [1.82, 2.24) is 10.2 Å². The summed E-state index contributed by atoms with van der Waals surface area (Å²) in [5, 5.41) is 2.63. The third-order valence-corrected chi connectivity index (χ3v) is 3.43. The van der Waals surface area contributed by atoms with E-state index in [1.807, 2.05) is 0 Å². The topological polar surface area (TPSA) is 102 Å². The fraction of sp³-hybridized carbons (Fsp3) is 0.357. The molecule has 0 aliphatic carbocycles. The number of rotatable bonds is 3. The van der Waals surface area contributed by atoms with Gasteiger partial charge in [-0.3, -0.25) is 19.3 Å². The predicted octanol–water partition coefficient (Wildman–Crippen LogP) is 0.155. The second-order valence-corrected chi connectivity index (χ2v) is 4.82. The molecule has 1 aromatic carbocycles. The zero-order valence-corrected chi connectivity index (χ0v) is 11.9. The number of nitrogens with one attached hydrogen (secondary N) is 1. The summed E-state index contributed by atoms with van der Waals surface area (Å²) in [6, 6.07) is 3.94. The van der Waals surface area contributed by atoms with Gasteiger partial charge >= 0.3 is 0 Å². The van der Waals surface area contributed by atoms with Crippen LogP contribution in [0.4, 0.5) is 5.69 Å². The van der Waals surface area contributed by atoms with Crippen LogP contribution in [0.3, 0.4) is 0 Å². The number of imide groups is 1. The van der Waals surface area contributed by atoms with Crippen LogP contribution in [0.15, 0.2) is 18.2 Å². The van der Waals surface area contributed by atoms with E-state index in [9.17, 15) is 14.4 Å². The van der Waals surface area contributed by atoms with E-state index in [1.54, 1.807) is 6.07 Å². The lowest BCUT2D eigenvalue weighted by Gasteiger charge is -2.28. The number of hydrogen-bond acceptors (Lipinski definition) is 5. The lowest BCUT2D eigenvalue weighted by molar-refractivity contribution is -0.147. The number of benzene rings is 1. The van der Waals surface area contributed by atoms with Gasteiger partial charge in [-0.25, -0.2) is 0 Å². The molecule has 7 heteroatoms. The molecule has 21 heavy (non-hydrogen) atoms. The number of amides is 3. The van der Waals surface area contributed by atoms with Crippen LogP contribution in [0.1, 0.15) is 23.2 Å². The van der Waals surface area contributed by atoms with Crippen molar-refractivity contribution >= 4 is 23.4 Å². The summed E-state index contributed by atoms with van der Waals surface area (Å²) in [6.45, 7) is 0. The predicted molar refractivity (Wildman–Crippen MR) is 75.7 cm³/mol. The minimum absolute atomic E-state index is 0.228. The van der Waals surface area contributed by atoms with Gasteiger partial charge in [-0.1, -0.05) is 0 Å². The molecule has 3 amide bonds. The van der Waals surface area contributed by atoms with Gasteiger partial charge in [-0.2, -0.15) is 0 Å². The maximum atomic E-state index is 12.3. The zero-order chi connectivity index (χ0) is 15.6. The summed E-state index contributed by atoms with van der Waals surface area (Å²) in [4.78, 5) is 36.6. The first-order chi connectivity index (χ1) is 9.93. The number of likely N-dealkylation sites (tertiary alicyclic amines) is 1. The highest BCUT2D eigenvalue weighted by Gasteiger charge is 2.33. The lowest BCUT2D eigenvalue weighted by Crippen LogP contribution is -2.52. The number of carbonyl (C=O) groups excluding carboxylic acids is 3. The standard InChI is InChI=1S/C14H17N3O4/c1-17-12(18)6-5-10(14(17)20)16-13(19)9-4-3-8(15)7-11(9)21-2/h3-4,7,10H,5-6,15H2,1-2H3,(H,16,19). The lowest BCUT2D eigenvalue weighted by atomic mass is 10.0. The van der Waals surface area contributed by atoms with Crippen molar-refractivity contribution in [3.8, 4) is 5.75 Å². The normalized spacial score (nSPS) is 18.6. The van der Waals surface area contributed by atoms with Crippen molar-refractivity contribution < 1.29 is 19.1 Å². The molecule has 1 heterocycles. The van der Waals surface area contributed by atoms with Gasteiger partial charge in [0.2, 0.25) is 5.91 Å². The van der Waals surface area contributed by atoms with Gasteiger partial charge in [-0.15, -0.1) is 0 Å². The molecular weight excluding hydrogens is 274 g/mol. The molecule has 1 atom stereocenters. The molecule has 1 fully saturated rings. The van der Waals surface area contributed by atoms with Crippen LogP contribution in [0.25, 0.3) is 0 Å². The molecule has 1 aliphatic heterocycles. The van der Waals surface area contributed by atoms with Gasteiger partial charge in [0.1, 0.15) is 11.8 Å². The Bertz CT molecular complexity index is 600. The van der Waals surface area contributed by atoms with Gasteiger partial charge in [0.05, 0.1) is 12.7 Å². The van der Waals surface area contributed by atoms with Gasteiger partial charge in [0.25, 0.3) is 11.8 Å². The van der Waals surface area contributed by atoms with E-state index in [-0.39, 0.29) is 12.3 Å². The largest absolute Gasteiger partial charge is 0.496 e. The fourth-order valence-electron chi connectivity index (χ4n) is 2.18. The van der Waals surface area contributed by atoms with Gasteiger partial charge in [-0.05, 0) is 18.6 Å². The molecule has 0 spiro atoms. The number of methoxy groups -OCH3 is 1. The van der Waals surface area contributed by atoms with Crippen LogP contribution in [-0.4, -0.2) is 42.8 Å². The van der Waals surface area contributed by atoms with Gasteiger partial charge in [0.15, 0.2) is 0 Å². The first kappa shape index (κ1) is 14.8. The quantitative estimate of drug-likeness (QED) is 0.610. The van der Waals surface area contributed by atoms with Crippen molar-refractivity contribution in [2.45, 2.75) is 18.9 Å². The van der Waals surface area contributed by atoms with Crippen molar-refractivity contribution in [3.05, 3.63) is 23.8 Å². The summed E-state index contributed by atoms with van der Waals surface area (Å²) in [5.74, 6) is -0.752. The average Bonchev–Trinajstić information content (AvgIpc) is 2.47. The number of nitrogens with two attached hydrogens (primary N) is 1. The van der Waals surface area contributed by atoms with E-state index >= 15 is 0 Å². The maximum Gasteiger partial charge on any atom is 0.255 e. The Morgan fingerprint density at radius 2 is 2.14 bits per heavy atom. The number of ether oxygens (including phenoxy) is 1. The van der Waals surface area contributed by atoms with Crippen LogP contribution >= 0.6 is 0 Å². The Labute approximate surface area is 122 Å². The molecule has 0 bridgehead atoms. The highest BCUT2D eigenvalue weighted by molar-refractivity contribution is 6.04. The van der Waals surface area contributed by atoms with Crippen LogP contribution in [0.2, 0.25) is 0 Å². The van der Waals surface area contributed by atoms with Crippen molar-refractivity contribution in [2.24, 2.45) is 0 Å². The number of anilines is 1. The zero-order valence-electron chi connectivity index (χ0n) is 11.9. The van der Waals surface area contributed by atoms with Crippen LogP contribution in [0.5, 0.6) is 5.75 Å². The highest BCUT2D eigenvalue weighted by atomic mass is 16.5. The Kier molecular flexibility index (Phi) is 4.11. The molecule has 2 rings (SSSR count). The third kappa shape index (κ3) is 2.96. The second kappa shape index (κ2) is 5.82. The van der Waals surface area contributed by atoms with E-state index in [0.717, 1.165) is 4.90 Å². The van der Waals surface area contributed by atoms with E-state index < -0.39 is 17.9 Å². The van der Waals surface area contributed by atoms with E-state index in [1.165, 1.54) is 26.3 Å². The van der Waals surface area contributed by atoms with Crippen LogP contribution in [0, 0.1) is 0 Å². The molecule has 3 N–H and O–H groups in total. The second-order valence-electron chi connectivity index (χ2n) is 4.82. The minimum atomic E-state index is -0.706. The Morgan fingerprint density at radius 1 is 1.43 bits per heavy atom. The molecule has 1 saturated heterocycles. The number of nitrogen functional groups attached to an aromatic ring is 1. The fourth-order valence-corrected chi connectivity index (χ4v) is 2.18. The minimum Gasteiger partial charge on any atom is -0.496 e. The van der Waals surface area contributed by atoms with E-state index in [0.29, 0.717) is 23.4 Å². The van der Waals surface area contributed by atoms with Gasteiger partial charge < -0.3 is 15.8 Å². The van der Waals surface area contributed by atoms with Crippen LogP contribution < -0.4 is 15.8 Å². The highest BCUT2D eigenvalue weighted by Crippen LogP contribution is 2.22. The number of carbonyl (C=O) groups is 3. The average molecular weight is 291 g/mol. The molecule has 1 aliphatic rings. The maximum absolute atomic E-state index is 12.3. The first-order valence-corrected chi connectivity index (χ1v) is 6.49. The number of piperidine rings is 1. The smallest absolute Gasteiger partial charge is 0.255 e. The SMILES string of the molecule is COc1cc(N)ccc1C(=O)NC1CCC(=O)N(C)C1=O.